The minimum Gasteiger partial charge on any atom is -0.302 e. The van der Waals surface area contributed by atoms with Gasteiger partial charge in [0.1, 0.15) is 0 Å². The fourth-order valence-electron chi connectivity index (χ4n) is 2.01. The van der Waals surface area contributed by atoms with Crippen molar-refractivity contribution in [1.82, 2.24) is 5.32 Å². The quantitative estimate of drug-likeness (QED) is 0.833. The molecule has 0 saturated heterocycles. The van der Waals surface area contributed by atoms with E-state index in [0.717, 1.165) is 12.1 Å². The third-order valence-corrected chi connectivity index (χ3v) is 2.79. The van der Waals surface area contributed by atoms with Crippen LogP contribution in [0, 0.1) is 5.41 Å². The van der Waals surface area contributed by atoms with Gasteiger partial charge in [-0.2, -0.15) is 0 Å². The lowest BCUT2D eigenvalue weighted by Crippen LogP contribution is -2.50. The van der Waals surface area contributed by atoms with Crippen LogP contribution in [0.25, 0.3) is 0 Å². The van der Waals surface area contributed by atoms with Gasteiger partial charge >= 0.3 is 0 Å². The Kier molecular flexibility index (Phi) is 4.49. The maximum Gasteiger partial charge on any atom is 0.155 e. The Hall–Kier alpha value is -0.960. The number of carbonyl (C=O) groups excluding carboxylic acids is 1. The number of hydrogen-bond donors (Lipinski definition) is 1. The Morgan fingerprint density at radius 3 is 2.33 bits per heavy atom. The maximum atomic E-state index is 12.5. The summed E-state index contributed by atoms with van der Waals surface area (Å²) in [7, 11) is 0. The molecule has 0 unspecified atom stereocenters. The SMILES string of the molecule is CC(C)(C)N[C@@H](CC1=CCC=N1)C(=O)C(C)(C)C. The van der Waals surface area contributed by atoms with Gasteiger partial charge in [-0.05, 0) is 20.8 Å². The van der Waals surface area contributed by atoms with E-state index < -0.39 is 0 Å². The van der Waals surface area contributed by atoms with E-state index >= 15 is 0 Å². The molecule has 0 fully saturated rings. The van der Waals surface area contributed by atoms with E-state index in [1.807, 2.05) is 27.0 Å². The molecule has 3 heteroatoms. The van der Waals surface area contributed by atoms with E-state index in [2.05, 4.69) is 37.2 Å². The van der Waals surface area contributed by atoms with Crippen molar-refractivity contribution in [3.63, 3.8) is 0 Å². The number of Topliss-reactive ketones (excluding diaryl/α,β-unsaturated/α-hetero) is 1. The molecule has 0 aliphatic carbocycles. The largest absolute Gasteiger partial charge is 0.302 e. The highest BCUT2D eigenvalue weighted by Gasteiger charge is 2.32. The summed E-state index contributed by atoms with van der Waals surface area (Å²) >= 11 is 0. The highest BCUT2D eigenvalue weighted by atomic mass is 16.1. The Morgan fingerprint density at radius 2 is 1.94 bits per heavy atom. The van der Waals surface area contributed by atoms with Crippen molar-refractivity contribution in [2.75, 3.05) is 0 Å². The average Bonchev–Trinajstić information content (AvgIpc) is 2.64. The molecule has 1 atom stereocenters. The Morgan fingerprint density at radius 1 is 1.33 bits per heavy atom. The fraction of sp³-hybridized carbons (Fsp3) is 0.733. The zero-order valence-electron chi connectivity index (χ0n) is 12.5. The minimum atomic E-state index is -0.328. The van der Waals surface area contributed by atoms with E-state index in [1.165, 1.54) is 0 Å². The van der Waals surface area contributed by atoms with E-state index in [0.29, 0.717) is 6.42 Å². The molecule has 0 spiro atoms. The molecule has 0 radical (unpaired) electrons. The maximum absolute atomic E-state index is 12.5. The third kappa shape index (κ3) is 4.73. The number of ketones is 1. The van der Waals surface area contributed by atoms with E-state index in [-0.39, 0.29) is 22.8 Å². The lowest BCUT2D eigenvalue weighted by molar-refractivity contribution is -0.128. The molecule has 1 aliphatic rings. The van der Waals surface area contributed by atoms with Crippen LogP contribution in [0.4, 0.5) is 0 Å². The first-order chi connectivity index (χ1) is 8.09. The highest BCUT2D eigenvalue weighted by molar-refractivity contribution is 5.89. The van der Waals surface area contributed by atoms with Gasteiger partial charge in [-0.1, -0.05) is 26.8 Å². The predicted molar refractivity (Wildman–Crippen MR) is 76.9 cm³/mol. The van der Waals surface area contributed by atoms with Crippen LogP contribution in [0.5, 0.6) is 0 Å². The summed E-state index contributed by atoms with van der Waals surface area (Å²) < 4.78 is 0. The zero-order valence-corrected chi connectivity index (χ0v) is 12.5. The molecule has 3 nitrogen and oxygen atoms in total. The number of nitrogens with zero attached hydrogens (tertiary/aromatic N) is 1. The van der Waals surface area contributed by atoms with Crippen LogP contribution < -0.4 is 5.32 Å². The molecule has 1 heterocycles. The third-order valence-electron chi connectivity index (χ3n) is 2.79. The molecule has 1 N–H and O–H groups in total. The van der Waals surface area contributed by atoms with Crippen LogP contribution in [0.15, 0.2) is 16.8 Å². The predicted octanol–water partition coefficient (Wildman–Crippen LogP) is 3.11. The monoisotopic (exact) mass is 250 g/mol. The van der Waals surface area contributed by atoms with Crippen LogP contribution in [0.1, 0.15) is 54.4 Å². The van der Waals surface area contributed by atoms with Crippen molar-refractivity contribution in [3.8, 4) is 0 Å². The summed E-state index contributed by atoms with van der Waals surface area (Å²) in [5.41, 5.74) is 0.620. The minimum absolute atomic E-state index is 0.0749. The Balaban J connectivity index is 2.81. The van der Waals surface area contributed by atoms with Crippen molar-refractivity contribution < 1.29 is 4.79 Å². The van der Waals surface area contributed by atoms with E-state index in [9.17, 15) is 4.79 Å². The van der Waals surface area contributed by atoms with Gasteiger partial charge in [0.05, 0.1) is 6.04 Å². The summed E-state index contributed by atoms with van der Waals surface area (Å²) in [6.45, 7) is 12.2. The van der Waals surface area contributed by atoms with Gasteiger partial charge in [0.15, 0.2) is 5.78 Å². The van der Waals surface area contributed by atoms with Gasteiger partial charge in [-0.15, -0.1) is 0 Å². The molecule has 0 aromatic carbocycles. The number of rotatable bonds is 4. The summed E-state index contributed by atoms with van der Waals surface area (Å²) in [4.78, 5) is 16.8. The highest BCUT2D eigenvalue weighted by Crippen LogP contribution is 2.23. The number of nitrogens with one attached hydrogen (secondary N) is 1. The standard InChI is InChI=1S/C15H26N2O/c1-14(2,3)13(18)12(17-15(4,5)6)10-11-8-7-9-16-11/h8-9,12,17H,7,10H2,1-6H3/t12-/m0/s1. The molecule has 0 aromatic rings. The summed E-state index contributed by atoms with van der Waals surface area (Å²) in [6.07, 6.45) is 5.56. The Bertz CT molecular complexity index is 367. The lowest BCUT2D eigenvalue weighted by Gasteiger charge is -2.31. The van der Waals surface area contributed by atoms with Crippen molar-refractivity contribution in [1.29, 1.82) is 0 Å². The fourth-order valence-corrected chi connectivity index (χ4v) is 2.01. The Labute approximate surface area is 111 Å². The molecule has 0 saturated carbocycles. The lowest BCUT2D eigenvalue weighted by atomic mass is 9.84. The molecule has 0 bridgehead atoms. The molecule has 0 amide bonds. The number of allylic oxidation sites excluding steroid dienone is 1. The number of hydrogen-bond acceptors (Lipinski definition) is 3. The van der Waals surface area contributed by atoms with Crippen molar-refractivity contribution in [3.05, 3.63) is 11.8 Å². The molecule has 1 aliphatic heterocycles. The van der Waals surface area contributed by atoms with Crippen molar-refractivity contribution >= 4 is 12.0 Å². The summed E-state index contributed by atoms with van der Waals surface area (Å²) in [5, 5.41) is 3.43. The molecular weight excluding hydrogens is 224 g/mol. The van der Waals surface area contributed by atoms with Crippen LogP contribution in [-0.2, 0) is 4.79 Å². The summed E-state index contributed by atoms with van der Waals surface area (Å²) in [6, 6.07) is -0.161. The van der Waals surface area contributed by atoms with E-state index in [4.69, 9.17) is 0 Å². The zero-order chi connectivity index (χ0) is 14.0. The molecule has 0 aromatic heterocycles. The topological polar surface area (TPSA) is 41.5 Å². The summed E-state index contributed by atoms with van der Waals surface area (Å²) in [5.74, 6) is 0.250. The molecule has 18 heavy (non-hydrogen) atoms. The van der Waals surface area contributed by atoms with Crippen LogP contribution >= 0.6 is 0 Å². The van der Waals surface area contributed by atoms with Gasteiger partial charge in [0.2, 0.25) is 0 Å². The van der Waals surface area contributed by atoms with Gasteiger partial charge in [0, 0.05) is 35.7 Å². The van der Waals surface area contributed by atoms with E-state index in [1.54, 1.807) is 0 Å². The second kappa shape index (κ2) is 5.35. The first-order valence-corrected chi connectivity index (χ1v) is 6.63. The second-order valence-corrected chi connectivity index (χ2v) is 7.01. The van der Waals surface area contributed by atoms with Gasteiger partial charge in [-0.25, -0.2) is 0 Å². The van der Waals surface area contributed by atoms with Crippen LogP contribution in [-0.4, -0.2) is 23.6 Å². The molecular formula is C15H26N2O. The van der Waals surface area contributed by atoms with Gasteiger partial charge < -0.3 is 5.32 Å². The van der Waals surface area contributed by atoms with Gasteiger partial charge in [-0.3, -0.25) is 9.79 Å². The average molecular weight is 250 g/mol. The van der Waals surface area contributed by atoms with Crippen LogP contribution in [0.3, 0.4) is 0 Å². The molecule has 102 valence electrons. The van der Waals surface area contributed by atoms with Crippen LogP contribution in [0.2, 0.25) is 0 Å². The van der Waals surface area contributed by atoms with Gasteiger partial charge in [0.25, 0.3) is 0 Å². The van der Waals surface area contributed by atoms with Crippen molar-refractivity contribution in [2.45, 2.75) is 66.0 Å². The smallest absolute Gasteiger partial charge is 0.155 e. The van der Waals surface area contributed by atoms with Crippen molar-refractivity contribution in [2.24, 2.45) is 10.4 Å². The normalized spacial score (nSPS) is 17.8. The second-order valence-electron chi connectivity index (χ2n) is 7.01. The number of aliphatic imine (C=N–C) groups is 1. The number of carbonyl (C=O) groups is 1. The first-order valence-electron chi connectivity index (χ1n) is 6.63. The first kappa shape index (κ1) is 15.1. The molecule has 1 rings (SSSR count).